The number of carbonyl (C=O) groups is 3. The predicted molar refractivity (Wildman–Crippen MR) is 154 cm³/mol. The van der Waals surface area contributed by atoms with Crippen molar-refractivity contribution >= 4 is 57.8 Å². The number of nitrogens with one attached hydrogen (secondary N) is 4. The first-order valence-corrected chi connectivity index (χ1v) is 12.9. The highest BCUT2D eigenvalue weighted by atomic mass is 35.5. The van der Waals surface area contributed by atoms with Crippen LogP contribution in [0.15, 0.2) is 35.5 Å². The Hall–Kier alpha value is -4.39. The molecule has 1 aromatic carbocycles. The lowest BCUT2D eigenvalue weighted by Crippen LogP contribution is -2.59. The summed E-state index contributed by atoms with van der Waals surface area (Å²) >= 11 is 5.88. The highest BCUT2D eigenvalue weighted by Gasteiger charge is 2.41. The van der Waals surface area contributed by atoms with Gasteiger partial charge in [0.05, 0.1) is 12.1 Å². The van der Waals surface area contributed by atoms with Crippen LogP contribution in [0, 0.1) is 0 Å². The number of nitrogen functional groups attached to an aromatic ring is 2. The lowest BCUT2D eigenvalue weighted by atomic mass is 9.88. The molecule has 2 aliphatic rings. The molecular formula is C26H33ClN10O3. The predicted octanol–water partition coefficient (Wildman–Crippen LogP) is 1.21. The number of amides is 3. The van der Waals surface area contributed by atoms with Crippen molar-refractivity contribution in [1.29, 1.82) is 0 Å². The standard InChI is InChI=1S/C25H29ClN10O3.CH4/c1-13(37)31-17(10-14-11-29-16-5-3-2-4-15(14)16)23(39)36-8-6-25(7-9-36)12-30-24(35-25)34-22(38)18-20(27)33-21(28)19(26)32-18;/h2-5,11,17,29H,6-10,12H2,1H3,(H,31,37)(H4,27,28,33)(H2,30,34,35,38);1H4/t17-;/m0./s1. The first kappa shape index (κ1) is 28.6. The fourth-order valence-electron chi connectivity index (χ4n) is 5.03. The zero-order valence-electron chi connectivity index (χ0n) is 21.3. The lowest BCUT2D eigenvalue weighted by Gasteiger charge is -2.40. The third kappa shape index (κ3) is 5.78. The second-order valence-electron chi connectivity index (χ2n) is 9.80. The van der Waals surface area contributed by atoms with Gasteiger partial charge in [-0.2, -0.15) is 0 Å². The highest BCUT2D eigenvalue weighted by molar-refractivity contribution is 6.31. The minimum absolute atomic E-state index is 0. The maximum Gasteiger partial charge on any atom is 0.280 e. The fourth-order valence-corrected chi connectivity index (χ4v) is 5.16. The molecule has 5 rings (SSSR count). The summed E-state index contributed by atoms with van der Waals surface area (Å²) in [5.41, 5.74) is 12.7. The number of carbonyl (C=O) groups excluding carboxylic acids is 3. The van der Waals surface area contributed by atoms with E-state index < -0.39 is 17.5 Å². The molecule has 13 nitrogen and oxygen atoms in total. The largest absolute Gasteiger partial charge is 0.382 e. The molecule has 3 amide bonds. The molecule has 1 atom stereocenters. The van der Waals surface area contributed by atoms with E-state index in [2.05, 4.69) is 35.9 Å². The van der Waals surface area contributed by atoms with Crippen LogP contribution in [0.3, 0.4) is 0 Å². The zero-order valence-corrected chi connectivity index (χ0v) is 22.0. The van der Waals surface area contributed by atoms with Crippen molar-refractivity contribution in [1.82, 2.24) is 35.8 Å². The zero-order chi connectivity index (χ0) is 27.7. The summed E-state index contributed by atoms with van der Waals surface area (Å²) in [4.78, 5) is 55.3. The van der Waals surface area contributed by atoms with Gasteiger partial charge < -0.3 is 32.0 Å². The fraction of sp³-hybridized carbons (Fsp3) is 0.385. The molecular weight excluding hydrogens is 536 g/mol. The second-order valence-corrected chi connectivity index (χ2v) is 10.2. The van der Waals surface area contributed by atoms with E-state index in [1.165, 1.54) is 6.92 Å². The van der Waals surface area contributed by atoms with Gasteiger partial charge in [0.15, 0.2) is 28.4 Å². The van der Waals surface area contributed by atoms with Gasteiger partial charge in [-0.1, -0.05) is 37.2 Å². The van der Waals surface area contributed by atoms with Crippen molar-refractivity contribution < 1.29 is 14.4 Å². The molecule has 0 unspecified atom stereocenters. The molecule has 1 spiro atoms. The van der Waals surface area contributed by atoms with Gasteiger partial charge in [-0.25, -0.2) is 9.97 Å². The number of hydrogen-bond acceptors (Lipinski definition) is 9. The molecule has 1 fully saturated rings. The van der Waals surface area contributed by atoms with Gasteiger partial charge in [0.2, 0.25) is 11.8 Å². The molecule has 14 heteroatoms. The number of nitrogens with two attached hydrogens (primary N) is 2. The summed E-state index contributed by atoms with van der Waals surface area (Å²) in [5.74, 6) is -0.939. The molecule has 0 aliphatic carbocycles. The number of anilines is 2. The molecule has 3 aromatic rings. The van der Waals surface area contributed by atoms with E-state index in [0.717, 1.165) is 16.5 Å². The van der Waals surface area contributed by atoms with E-state index in [9.17, 15) is 14.4 Å². The van der Waals surface area contributed by atoms with Crippen molar-refractivity contribution in [2.45, 2.75) is 45.2 Å². The number of fused-ring (bicyclic) bond motifs is 1. The van der Waals surface area contributed by atoms with Gasteiger partial charge in [0.25, 0.3) is 5.91 Å². The molecule has 1 saturated heterocycles. The Morgan fingerprint density at radius 2 is 1.88 bits per heavy atom. The van der Waals surface area contributed by atoms with E-state index in [1.807, 2.05) is 30.5 Å². The van der Waals surface area contributed by atoms with E-state index in [0.29, 0.717) is 38.9 Å². The normalized spacial score (nSPS) is 16.6. The lowest BCUT2D eigenvalue weighted by molar-refractivity contribution is -0.137. The van der Waals surface area contributed by atoms with Crippen LogP contribution in [0.2, 0.25) is 5.15 Å². The van der Waals surface area contributed by atoms with Crippen LogP contribution in [-0.4, -0.2) is 74.7 Å². The Bertz CT molecular complexity index is 1480. The number of aromatic amines is 1. The maximum atomic E-state index is 13.5. The monoisotopic (exact) mass is 568 g/mol. The Kier molecular flexibility index (Phi) is 8.14. The van der Waals surface area contributed by atoms with Gasteiger partial charge in [0, 0.05) is 43.5 Å². The topological polar surface area (TPSA) is 197 Å². The van der Waals surface area contributed by atoms with Crippen molar-refractivity contribution in [3.05, 3.63) is 46.9 Å². The molecule has 0 saturated carbocycles. The average molecular weight is 569 g/mol. The van der Waals surface area contributed by atoms with Gasteiger partial charge in [0.1, 0.15) is 6.04 Å². The molecule has 8 N–H and O–H groups in total. The molecule has 0 radical (unpaired) electrons. The van der Waals surface area contributed by atoms with Crippen molar-refractivity contribution in [2.24, 2.45) is 4.99 Å². The number of rotatable bonds is 5. The van der Waals surface area contributed by atoms with Crippen LogP contribution < -0.4 is 27.4 Å². The summed E-state index contributed by atoms with van der Waals surface area (Å²) in [6.45, 7) is 2.78. The summed E-state index contributed by atoms with van der Waals surface area (Å²) in [6.07, 6.45) is 3.47. The minimum atomic E-state index is -0.684. The number of nitrogens with zero attached hydrogens (tertiary/aromatic N) is 4. The SMILES string of the molecule is C.CC(=O)N[C@@H](Cc1c[nH]c2ccccc12)C(=O)N1CCC2(CC1)CN=C(NC(=O)c1nc(Cl)c(N)nc1N)N2. The molecule has 2 aromatic heterocycles. The Balaban J connectivity index is 0.00000370. The number of piperidine rings is 1. The smallest absolute Gasteiger partial charge is 0.280 e. The highest BCUT2D eigenvalue weighted by Crippen LogP contribution is 2.27. The van der Waals surface area contributed by atoms with Crippen molar-refractivity contribution in [2.75, 3.05) is 31.1 Å². The number of H-pyrrole nitrogens is 1. The average Bonchev–Trinajstić information content (AvgIpc) is 3.49. The minimum Gasteiger partial charge on any atom is -0.382 e. The van der Waals surface area contributed by atoms with E-state index in [-0.39, 0.29) is 47.7 Å². The van der Waals surface area contributed by atoms with Crippen LogP contribution in [0.5, 0.6) is 0 Å². The Morgan fingerprint density at radius 3 is 2.60 bits per heavy atom. The molecule has 4 heterocycles. The molecule has 2 aliphatic heterocycles. The van der Waals surface area contributed by atoms with Gasteiger partial charge >= 0.3 is 0 Å². The molecule has 40 heavy (non-hydrogen) atoms. The summed E-state index contributed by atoms with van der Waals surface area (Å²) in [6, 6.07) is 7.17. The number of likely N-dealkylation sites (tertiary alicyclic amines) is 1. The number of benzene rings is 1. The van der Waals surface area contributed by atoms with Crippen LogP contribution >= 0.6 is 11.6 Å². The number of aromatic nitrogens is 3. The van der Waals surface area contributed by atoms with Gasteiger partial charge in [-0.15, -0.1) is 0 Å². The number of halogens is 1. The number of aliphatic imine (C=N–C) groups is 1. The summed E-state index contributed by atoms with van der Waals surface area (Å²) < 4.78 is 0. The first-order chi connectivity index (χ1) is 18.6. The van der Waals surface area contributed by atoms with E-state index in [4.69, 9.17) is 23.1 Å². The Labute approximate surface area is 236 Å². The van der Waals surface area contributed by atoms with E-state index in [1.54, 1.807) is 4.90 Å². The number of hydrogen-bond donors (Lipinski definition) is 6. The molecule has 0 bridgehead atoms. The second kappa shape index (κ2) is 11.4. The summed E-state index contributed by atoms with van der Waals surface area (Å²) in [7, 11) is 0. The quantitative estimate of drug-likeness (QED) is 0.264. The van der Waals surface area contributed by atoms with Gasteiger partial charge in [-0.05, 0) is 24.5 Å². The van der Waals surface area contributed by atoms with Crippen LogP contribution in [0.4, 0.5) is 11.6 Å². The van der Waals surface area contributed by atoms with Crippen LogP contribution in [-0.2, 0) is 16.0 Å². The summed E-state index contributed by atoms with van der Waals surface area (Å²) in [5, 5.41) is 9.68. The molecule has 212 valence electrons. The van der Waals surface area contributed by atoms with E-state index >= 15 is 0 Å². The Morgan fingerprint density at radius 1 is 1.15 bits per heavy atom. The van der Waals surface area contributed by atoms with Crippen molar-refractivity contribution in [3.63, 3.8) is 0 Å². The third-order valence-electron chi connectivity index (χ3n) is 7.08. The maximum absolute atomic E-state index is 13.5. The van der Waals surface area contributed by atoms with Crippen LogP contribution in [0.1, 0.15) is 43.2 Å². The third-order valence-corrected chi connectivity index (χ3v) is 7.36. The first-order valence-electron chi connectivity index (χ1n) is 12.5. The number of para-hydroxylation sites is 1. The van der Waals surface area contributed by atoms with Crippen LogP contribution in [0.25, 0.3) is 10.9 Å². The van der Waals surface area contributed by atoms with Gasteiger partial charge in [-0.3, -0.25) is 24.7 Å². The van der Waals surface area contributed by atoms with Crippen molar-refractivity contribution in [3.8, 4) is 0 Å². The number of guanidine groups is 1.